The van der Waals surface area contributed by atoms with Gasteiger partial charge in [0.1, 0.15) is 16.9 Å². The smallest absolute Gasteiger partial charge is 0.351 e. The van der Waals surface area contributed by atoms with Crippen LogP contribution in [0, 0.1) is 19.7 Å². The second kappa shape index (κ2) is 11.8. The molecule has 0 unspecified atom stereocenters. The normalized spacial score (nSPS) is 14.3. The van der Waals surface area contributed by atoms with Crippen LogP contribution in [-0.4, -0.2) is 20.7 Å². The number of esters is 2. The molecule has 4 heterocycles. The highest BCUT2D eigenvalue weighted by atomic mass is 35.5. The van der Waals surface area contributed by atoms with Gasteiger partial charge < -0.3 is 10.5 Å². The monoisotopic (exact) mass is 687 g/mol. The highest BCUT2D eigenvalue weighted by Crippen LogP contribution is 2.45. The van der Waals surface area contributed by atoms with Gasteiger partial charge >= 0.3 is 11.9 Å². The van der Waals surface area contributed by atoms with Gasteiger partial charge in [-0.2, -0.15) is 0 Å². The van der Waals surface area contributed by atoms with E-state index in [9.17, 15) is 23.6 Å². The number of nitrogen functional groups attached to an aromatic ring is 1. The van der Waals surface area contributed by atoms with Crippen LogP contribution in [0.1, 0.15) is 80.5 Å². The molecule has 2 aliphatic rings. The first kappa shape index (κ1) is 31.7. The van der Waals surface area contributed by atoms with Crippen molar-refractivity contribution < 1.29 is 18.7 Å². The molecule has 6 aromatic rings. The number of hydrogen-bond donors (Lipinski definition) is 1. The topological polar surface area (TPSA) is 112 Å². The zero-order chi connectivity index (χ0) is 35.0. The number of carbonyl (C=O) groups is 2. The van der Waals surface area contributed by atoms with E-state index in [0.717, 1.165) is 64.6 Å². The summed E-state index contributed by atoms with van der Waals surface area (Å²) in [4.78, 5) is 54.8. The van der Waals surface area contributed by atoms with E-state index < -0.39 is 23.1 Å². The number of anilines is 1. The molecule has 2 saturated carbocycles. The van der Waals surface area contributed by atoms with Gasteiger partial charge in [-0.3, -0.25) is 18.4 Å². The maximum absolute atomic E-state index is 14.1. The Labute approximate surface area is 290 Å². The molecule has 4 aromatic heterocycles. The molecule has 2 fully saturated rings. The molecular weight excluding hydrogens is 657 g/mol. The molecule has 0 atom stereocenters. The van der Waals surface area contributed by atoms with Crippen molar-refractivity contribution >= 4 is 40.3 Å². The zero-order valence-corrected chi connectivity index (χ0v) is 28.0. The van der Waals surface area contributed by atoms with Crippen molar-refractivity contribution in [3.63, 3.8) is 0 Å². The summed E-state index contributed by atoms with van der Waals surface area (Å²) in [5, 5.41) is 0.420. The number of halogens is 2. The molecule has 2 N–H and O–H groups in total. The summed E-state index contributed by atoms with van der Waals surface area (Å²) in [5.74, 6) is -2.39. The maximum Gasteiger partial charge on any atom is 0.351 e. The third-order valence-corrected chi connectivity index (χ3v) is 10.3. The van der Waals surface area contributed by atoms with Crippen LogP contribution in [0.15, 0.2) is 88.7 Å². The lowest BCUT2D eigenvalue weighted by atomic mass is 9.96. The number of carbonyl (C=O) groups excluding carboxylic acids is 2. The molecule has 2 aliphatic carbocycles. The third kappa shape index (κ3) is 5.29. The fraction of sp³-hybridized carbons (Fsp3) is 0.200. The van der Waals surface area contributed by atoms with Crippen LogP contribution < -0.4 is 16.9 Å². The summed E-state index contributed by atoms with van der Waals surface area (Å²) in [6, 6.07) is 18.1. The van der Waals surface area contributed by atoms with Crippen molar-refractivity contribution in [1.82, 2.24) is 8.80 Å². The molecule has 2 aromatic carbocycles. The Balaban J connectivity index is 1.18. The van der Waals surface area contributed by atoms with E-state index in [1.807, 2.05) is 19.9 Å². The number of nitrogens with zero attached hydrogens (tertiary/aromatic N) is 2. The summed E-state index contributed by atoms with van der Waals surface area (Å²) >= 11 is 6.31. The number of aryl methyl sites for hydroxylation is 2. The van der Waals surface area contributed by atoms with Crippen molar-refractivity contribution in [3.05, 3.63) is 144 Å². The molecule has 0 amide bonds. The minimum Gasteiger partial charge on any atom is -0.398 e. The Morgan fingerprint density at radius 3 is 1.70 bits per heavy atom. The van der Waals surface area contributed by atoms with Crippen molar-refractivity contribution in [2.24, 2.45) is 0 Å². The second-order valence-electron chi connectivity index (χ2n) is 13.3. The predicted octanol–water partition coefficient (Wildman–Crippen LogP) is 7.99. The van der Waals surface area contributed by atoms with E-state index in [-0.39, 0.29) is 28.8 Å². The fourth-order valence-electron chi connectivity index (χ4n) is 7.07. The van der Waals surface area contributed by atoms with Gasteiger partial charge in [0.2, 0.25) is 0 Å². The van der Waals surface area contributed by atoms with E-state index in [1.54, 1.807) is 48.8 Å². The summed E-state index contributed by atoms with van der Waals surface area (Å²) in [5.41, 5.74) is 12.1. The van der Waals surface area contributed by atoms with E-state index in [2.05, 4.69) is 0 Å². The van der Waals surface area contributed by atoms with Crippen LogP contribution in [0.5, 0.6) is 0 Å². The number of fused-ring (bicyclic) bond motifs is 2. The molecule has 0 bridgehead atoms. The molecule has 0 aliphatic heterocycles. The Morgan fingerprint density at radius 1 is 0.740 bits per heavy atom. The first-order valence-corrected chi connectivity index (χ1v) is 16.8. The van der Waals surface area contributed by atoms with Crippen molar-refractivity contribution in [1.29, 1.82) is 0 Å². The largest absolute Gasteiger partial charge is 0.398 e. The van der Waals surface area contributed by atoms with Crippen LogP contribution in [0.25, 0.3) is 33.3 Å². The zero-order valence-electron chi connectivity index (χ0n) is 27.3. The van der Waals surface area contributed by atoms with Gasteiger partial charge in [0.25, 0.3) is 11.1 Å². The van der Waals surface area contributed by atoms with Crippen LogP contribution in [-0.2, 0) is 4.74 Å². The number of benzene rings is 2. The predicted molar refractivity (Wildman–Crippen MR) is 191 cm³/mol. The first-order valence-electron chi connectivity index (χ1n) is 16.5. The molecule has 250 valence electrons. The standard InChI is InChI=1S/C40H31ClFN3O5/c1-20-27(24-4-3-5-26(42)16-24)12-14-44-35(20)29(22-6-7-22)18-31(37(44)46)39(48)50-40(49)32-19-30(23-8-9-23)36-21(2)28(13-15-45(36)38(32)47)25-10-11-34(43)33(41)17-25/h3-5,10-19,22-23H,6-9,43H2,1-2H3. The SMILES string of the molecule is Cc1c(-c2cccc(F)c2)ccn2c(=O)c(C(=O)OC(=O)c3cc(C4CC4)c4c(C)c(-c5ccc(N)c(Cl)c5)ccn4c3=O)cc(C3CC3)c12. The van der Waals surface area contributed by atoms with E-state index in [1.165, 1.54) is 33.1 Å². The molecule has 10 heteroatoms. The van der Waals surface area contributed by atoms with Gasteiger partial charge in [-0.15, -0.1) is 0 Å². The number of pyridine rings is 4. The van der Waals surface area contributed by atoms with E-state index in [4.69, 9.17) is 22.1 Å². The maximum atomic E-state index is 14.1. The Morgan fingerprint density at radius 2 is 1.24 bits per heavy atom. The van der Waals surface area contributed by atoms with Crippen molar-refractivity contribution in [3.8, 4) is 22.3 Å². The Kier molecular flexibility index (Phi) is 7.49. The average molecular weight is 688 g/mol. The summed E-state index contributed by atoms with van der Waals surface area (Å²) in [6.07, 6.45) is 6.67. The van der Waals surface area contributed by atoms with Gasteiger partial charge in [-0.05, 0) is 144 Å². The molecule has 8 nitrogen and oxygen atoms in total. The highest BCUT2D eigenvalue weighted by molar-refractivity contribution is 6.33. The average Bonchev–Trinajstić information content (AvgIpc) is 4.02. The number of hydrogen-bond acceptors (Lipinski definition) is 6. The number of ether oxygens (including phenoxy) is 1. The summed E-state index contributed by atoms with van der Waals surface area (Å²) in [7, 11) is 0. The van der Waals surface area contributed by atoms with Crippen LogP contribution in [0.3, 0.4) is 0 Å². The van der Waals surface area contributed by atoms with Gasteiger partial charge in [-0.1, -0.05) is 29.8 Å². The molecule has 50 heavy (non-hydrogen) atoms. The Bertz CT molecular complexity index is 2580. The first-order chi connectivity index (χ1) is 24.0. The number of rotatable bonds is 6. The molecular formula is C40H31ClFN3O5. The second-order valence-corrected chi connectivity index (χ2v) is 13.7. The lowest BCUT2D eigenvalue weighted by Crippen LogP contribution is -2.29. The number of aromatic nitrogens is 2. The van der Waals surface area contributed by atoms with Crippen LogP contribution in [0.2, 0.25) is 5.02 Å². The fourth-order valence-corrected chi connectivity index (χ4v) is 7.25. The number of nitrogens with two attached hydrogens (primary N) is 1. The Hall–Kier alpha value is -5.54. The van der Waals surface area contributed by atoms with E-state index >= 15 is 0 Å². The van der Waals surface area contributed by atoms with Crippen molar-refractivity contribution in [2.75, 3.05) is 5.73 Å². The van der Waals surface area contributed by atoms with Gasteiger partial charge in [-0.25, -0.2) is 14.0 Å². The lowest BCUT2D eigenvalue weighted by molar-refractivity contribution is 0.0395. The van der Waals surface area contributed by atoms with E-state index in [0.29, 0.717) is 27.3 Å². The van der Waals surface area contributed by atoms with Gasteiger partial charge in [0, 0.05) is 12.4 Å². The van der Waals surface area contributed by atoms with Gasteiger partial charge in [0.15, 0.2) is 0 Å². The highest BCUT2D eigenvalue weighted by Gasteiger charge is 2.33. The van der Waals surface area contributed by atoms with Crippen LogP contribution in [0.4, 0.5) is 10.1 Å². The van der Waals surface area contributed by atoms with Crippen LogP contribution >= 0.6 is 11.6 Å². The van der Waals surface area contributed by atoms with Crippen molar-refractivity contribution in [2.45, 2.75) is 51.4 Å². The third-order valence-electron chi connectivity index (χ3n) is 9.93. The molecule has 0 radical (unpaired) electrons. The quantitative estimate of drug-likeness (QED) is 0.108. The minimum absolute atomic E-state index is 0.109. The molecule has 8 rings (SSSR count). The molecule has 0 spiro atoms. The minimum atomic E-state index is -1.13. The molecule has 0 saturated heterocycles. The lowest BCUT2D eigenvalue weighted by Gasteiger charge is -2.17. The summed E-state index contributed by atoms with van der Waals surface area (Å²) < 4.78 is 22.2. The van der Waals surface area contributed by atoms with Gasteiger partial charge in [0.05, 0.1) is 21.7 Å². The summed E-state index contributed by atoms with van der Waals surface area (Å²) in [6.45, 7) is 3.78.